The van der Waals surface area contributed by atoms with E-state index in [1.165, 1.54) is 10.9 Å². The minimum atomic E-state index is -5.06. The largest absolute Gasteiger partial charge is 0.472 e. The first kappa shape index (κ1) is 31.4. The number of anilines is 1. The Labute approximate surface area is 254 Å². The van der Waals surface area contributed by atoms with Crippen LogP contribution in [-0.2, 0) is 36.7 Å². The van der Waals surface area contributed by atoms with Crippen LogP contribution < -0.4 is 11.3 Å². The van der Waals surface area contributed by atoms with E-state index < -0.39 is 94.7 Å². The summed E-state index contributed by atoms with van der Waals surface area (Å²) in [6.45, 7) is -1.46. The van der Waals surface area contributed by atoms with Crippen LogP contribution in [0.1, 0.15) is 18.9 Å². The molecule has 46 heavy (non-hydrogen) atoms. The molecule has 0 aromatic carbocycles. The number of aromatic nitrogens is 7. The number of hydrogen-bond acceptors (Lipinski definition) is 16. The number of nitrogens with two attached hydrogens (primary N) is 1. The van der Waals surface area contributed by atoms with E-state index in [9.17, 15) is 38.3 Å². The molecule has 7 heterocycles. The van der Waals surface area contributed by atoms with Gasteiger partial charge in [0.2, 0.25) is 0 Å². The fourth-order valence-corrected chi connectivity index (χ4v) is 7.52. The Morgan fingerprint density at radius 3 is 2.48 bits per heavy atom. The van der Waals surface area contributed by atoms with Gasteiger partial charge in [-0.25, -0.2) is 33.5 Å². The lowest BCUT2D eigenvalue weighted by Gasteiger charge is -2.26. The smallest absolute Gasteiger partial charge is 0.387 e. The fourth-order valence-electron chi connectivity index (χ4n) is 5.63. The Balaban J connectivity index is 1.18. The number of rotatable bonds is 2. The number of nitrogens with one attached hydrogen (secondary N) is 1. The maximum absolute atomic E-state index is 14.7. The molecular formula is C22H25FN8O13P2. The molecule has 2 bridgehead atoms. The molecule has 0 spiro atoms. The van der Waals surface area contributed by atoms with Crippen LogP contribution in [0.3, 0.4) is 0 Å². The van der Waals surface area contributed by atoms with Gasteiger partial charge in [-0.15, -0.1) is 0 Å². The Morgan fingerprint density at radius 2 is 1.67 bits per heavy atom. The molecule has 4 aromatic heterocycles. The second-order valence-electron chi connectivity index (χ2n) is 10.5. The molecule has 2 unspecified atom stereocenters. The van der Waals surface area contributed by atoms with Gasteiger partial charge in [0.25, 0.3) is 5.56 Å². The molecule has 248 valence electrons. The summed E-state index contributed by atoms with van der Waals surface area (Å²) in [4.78, 5) is 51.6. The first-order valence-corrected chi connectivity index (χ1v) is 16.5. The van der Waals surface area contributed by atoms with Crippen molar-refractivity contribution >= 4 is 43.7 Å². The van der Waals surface area contributed by atoms with Crippen LogP contribution >= 0.6 is 15.6 Å². The van der Waals surface area contributed by atoms with Gasteiger partial charge < -0.3 is 44.8 Å². The van der Waals surface area contributed by atoms with Crippen molar-refractivity contribution in [1.82, 2.24) is 34.1 Å². The average Bonchev–Trinajstić information content (AvgIpc) is 3.73. The number of halogens is 1. The van der Waals surface area contributed by atoms with Crippen LogP contribution in [0.25, 0.3) is 22.2 Å². The molecule has 3 aliphatic rings. The van der Waals surface area contributed by atoms with Crippen molar-refractivity contribution in [3.05, 3.63) is 41.3 Å². The number of phosphoric ester groups is 2. The van der Waals surface area contributed by atoms with Gasteiger partial charge >= 0.3 is 15.6 Å². The quantitative estimate of drug-likeness (QED) is 0.140. The predicted octanol–water partition coefficient (Wildman–Crippen LogP) is -0.790. The molecule has 24 heteroatoms. The van der Waals surface area contributed by atoms with Crippen molar-refractivity contribution < 1.29 is 61.1 Å². The number of aliphatic hydroxyl groups is 2. The second kappa shape index (κ2) is 11.5. The third-order valence-electron chi connectivity index (χ3n) is 7.70. The third-order valence-corrected chi connectivity index (χ3v) is 9.70. The fraction of sp³-hybridized carbons (Fsp3) is 0.500. The van der Waals surface area contributed by atoms with Gasteiger partial charge in [-0.3, -0.25) is 27.5 Å². The van der Waals surface area contributed by atoms with Gasteiger partial charge in [-0.05, 0) is 0 Å². The molecule has 0 radical (unpaired) electrons. The molecule has 3 saturated heterocycles. The third kappa shape index (κ3) is 5.45. The van der Waals surface area contributed by atoms with E-state index in [0.717, 1.165) is 23.4 Å². The van der Waals surface area contributed by atoms with Crippen molar-refractivity contribution in [2.75, 3.05) is 18.9 Å². The molecule has 4 aromatic rings. The zero-order valence-electron chi connectivity index (χ0n) is 23.0. The van der Waals surface area contributed by atoms with Gasteiger partial charge in [0.15, 0.2) is 35.4 Å². The van der Waals surface area contributed by atoms with Crippen LogP contribution in [0.15, 0.2) is 30.0 Å². The lowest BCUT2D eigenvalue weighted by Crippen LogP contribution is -2.37. The number of fused-ring (bicyclic) bond motifs is 5. The SMILES string of the molecule is Nc1ncnc2c1ncn2[C@@H]1O[C@@H]2CCOP(=O)(O)O[C@@H]3[C@H](O)[C@@H](COP(=O)(O)O[C@H]2[C@H]1O)O[C@H]3n1cc(F)c2c(=O)[nH]cnc21. The van der Waals surface area contributed by atoms with Crippen LogP contribution in [0.5, 0.6) is 0 Å². The summed E-state index contributed by atoms with van der Waals surface area (Å²) >= 11 is 0. The Hall–Kier alpha value is -3.24. The predicted molar refractivity (Wildman–Crippen MR) is 146 cm³/mol. The molecule has 3 aliphatic heterocycles. The number of aromatic amines is 1. The second-order valence-corrected chi connectivity index (χ2v) is 13.3. The summed E-state index contributed by atoms with van der Waals surface area (Å²) in [7, 11) is -10.1. The molecule has 7 N–H and O–H groups in total. The summed E-state index contributed by atoms with van der Waals surface area (Å²) in [6, 6.07) is 0. The number of phosphoric acid groups is 2. The highest BCUT2D eigenvalue weighted by Crippen LogP contribution is 2.53. The van der Waals surface area contributed by atoms with Crippen molar-refractivity contribution in [3.63, 3.8) is 0 Å². The van der Waals surface area contributed by atoms with E-state index in [2.05, 4.69) is 24.9 Å². The minimum Gasteiger partial charge on any atom is -0.387 e. The maximum atomic E-state index is 14.7. The number of H-pyrrole nitrogens is 1. The van der Waals surface area contributed by atoms with Crippen LogP contribution in [0.2, 0.25) is 0 Å². The lowest BCUT2D eigenvalue weighted by molar-refractivity contribution is -0.0545. The molecule has 0 aliphatic carbocycles. The van der Waals surface area contributed by atoms with Gasteiger partial charge in [0.05, 0.1) is 32.0 Å². The normalized spacial score (nSPS) is 37.4. The number of hydrogen-bond donors (Lipinski definition) is 6. The highest BCUT2D eigenvalue weighted by Gasteiger charge is 2.53. The monoisotopic (exact) mass is 690 g/mol. The van der Waals surface area contributed by atoms with E-state index >= 15 is 0 Å². The Bertz CT molecular complexity index is 1960. The number of nitrogens with zero attached hydrogens (tertiary/aromatic N) is 6. The van der Waals surface area contributed by atoms with E-state index in [1.54, 1.807) is 0 Å². The van der Waals surface area contributed by atoms with Crippen LogP contribution in [-0.4, -0.2) is 104 Å². The van der Waals surface area contributed by atoms with Crippen molar-refractivity contribution in [2.45, 2.75) is 55.5 Å². The highest BCUT2D eigenvalue weighted by atomic mass is 31.2. The number of aliphatic hydroxyl groups excluding tert-OH is 2. The van der Waals surface area contributed by atoms with E-state index in [1.807, 2.05) is 0 Å². The molecule has 7 rings (SSSR count). The van der Waals surface area contributed by atoms with Crippen LogP contribution in [0.4, 0.5) is 10.2 Å². The van der Waals surface area contributed by atoms with E-state index in [0.29, 0.717) is 0 Å². The number of ether oxygens (including phenoxy) is 2. The molecule has 10 atom stereocenters. The summed E-state index contributed by atoms with van der Waals surface area (Å²) in [6.07, 6.45) is -8.59. The Kier molecular flexibility index (Phi) is 7.82. The molecular weight excluding hydrogens is 665 g/mol. The molecule has 0 saturated carbocycles. The zero-order chi connectivity index (χ0) is 32.5. The summed E-state index contributed by atoms with van der Waals surface area (Å²) in [5, 5.41) is 21.7. The average molecular weight is 690 g/mol. The van der Waals surface area contributed by atoms with Gasteiger partial charge in [0, 0.05) is 12.6 Å². The molecule has 3 fully saturated rings. The molecule has 0 amide bonds. The Morgan fingerprint density at radius 1 is 0.935 bits per heavy atom. The topological polar surface area (TPSA) is 291 Å². The standard InChI is InChI=1S/C22H25FN8O13P2/c23-8-3-30(18-11(8)20(34)28-6-26-18)22-16-13(32)10(42-22)4-40-46(37,38)43-15-9(1-2-39-45(35,36)44-16)41-21(14(15)33)31-7-29-12-17(24)25-5-27-19(12)31/h3,5-7,9-10,13-16,21-22,32-33H,1-2,4H2,(H,35,36)(H,37,38)(H2,24,25,27)(H,26,28,34)/t9-,10-,13-,14-,15-,16-,21-,22-/m1/s1. The van der Waals surface area contributed by atoms with Gasteiger partial charge in [0.1, 0.15) is 47.8 Å². The van der Waals surface area contributed by atoms with Gasteiger partial charge in [-0.2, -0.15) is 0 Å². The van der Waals surface area contributed by atoms with Crippen molar-refractivity contribution in [1.29, 1.82) is 0 Å². The summed E-state index contributed by atoms with van der Waals surface area (Å²) < 4.78 is 75.6. The lowest BCUT2D eigenvalue weighted by atomic mass is 10.1. The van der Waals surface area contributed by atoms with E-state index in [-0.39, 0.29) is 29.0 Å². The first-order valence-electron chi connectivity index (χ1n) is 13.5. The van der Waals surface area contributed by atoms with Crippen LogP contribution in [0, 0.1) is 5.82 Å². The minimum absolute atomic E-state index is 0.0485. The van der Waals surface area contributed by atoms with Crippen molar-refractivity contribution in [3.8, 4) is 0 Å². The van der Waals surface area contributed by atoms with E-state index in [4.69, 9.17) is 33.3 Å². The van der Waals surface area contributed by atoms with Gasteiger partial charge in [-0.1, -0.05) is 0 Å². The molecule has 21 nitrogen and oxygen atoms in total. The summed E-state index contributed by atoms with van der Waals surface area (Å²) in [5.41, 5.74) is 5.11. The number of imidazole rings is 1. The zero-order valence-corrected chi connectivity index (χ0v) is 24.8. The number of nitrogen functional groups attached to an aromatic ring is 1. The summed E-state index contributed by atoms with van der Waals surface area (Å²) in [5.74, 6) is -0.973. The van der Waals surface area contributed by atoms with Crippen molar-refractivity contribution in [2.24, 2.45) is 0 Å². The first-order chi connectivity index (χ1) is 21.8. The highest BCUT2D eigenvalue weighted by molar-refractivity contribution is 7.47. The maximum Gasteiger partial charge on any atom is 0.472 e.